The SMILES string of the molecule is CCOC(=O)C1=C(C)N=c2s/c(=C/c3ccc(-c4cccc(C(=O)O)c4)o3)c(=O)n2[C@H]1c1cccs1. The van der Waals surface area contributed by atoms with E-state index in [9.17, 15) is 19.5 Å². The van der Waals surface area contributed by atoms with E-state index in [-0.39, 0.29) is 17.7 Å². The van der Waals surface area contributed by atoms with Gasteiger partial charge in [0.1, 0.15) is 17.6 Å². The van der Waals surface area contributed by atoms with Gasteiger partial charge >= 0.3 is 11.9 Å². The first-order chi connectivity index (χ1) is 17.4. The Bertz CT molecular complexity index is 1690. The zero-order chi connectivity index (χ0) is 25.4. The quantitative estimate of drug-likeness (QED) is 0.387. The minimum Gasteiger partial charge on any atom is -0.478 e. The molecule has 1 aliphatic rings. The van der Waals surface area contributed by atoms with Crippen molar-refractivity contribution in [3.8, 4) is 11.3 Å². The van der Waals surface area contributed by atoms with Crippen LogP contribution in [0, 0.1) is 0 Å². The van der Waals surface area contributed by atoms with Gasteiger partial charge in [-0.25, -0.2) is 14.6 Å². The number of nitrogens with zero attached hydrogens (tertiary/aromatic N) is 2. The molecule has 1 atom stereocenters. The number of hydrogen-bond acceptors (Lipinski definition) is 8. The monoisotopic (exact) mass is 520 g/mol. The summed E-state index contributed by atoms with van der Waals surface area (Å²) in [5, 5.41) is 11.1. The first kappa shape index (κ1) is 23.7. The van der Waals surface area contributed by atoms with Crippen LogP contribution < -0.4 is 14.9 Å². The Morgan fingerprint density at radius 2 is 2.06 bits per heavy atom. The lowest BCUT2D eigenvalue weighted by Gasteiger charge is -2.23. The van der Waals surface area contributed by atoms with Crippen molar-refractivity contribution in [2.75, 3.05) is 6.61 Å². The highest BCUT2D eigenvalue weighted by Crippen LogP contribution is 2.33. The maximum atomic E-state index is 13.6. The van der Waals surface area contributed by atoms with Crippen LogP contribution in [0.15, 0.2) is 79.4 Å². The zero-order valence-corrected chi connectivity index (χ0v) is 20.9. The highest BCUT2D eigenvalue weighted by Gasteiger charge is 2.33. The lowest BCUT2D eigenvalue weighted by molar-refractivity contribution is -0.139. The van der Waals surface area contributed by atoms with Crippen molar-refractivity contribution in [2.45, 2.75) is 19.9 Å². The van der Waals surface area contributed by atoms with E-state index < -0.39 is 18.0 Å². The number of ether oxygens (including phenoxy) is 1. The van der Waals surface area contributed by atoms with Crippen LogP contribution in [0.3, 0.4) is 0 Å². The van der Waals surface area contributed by atoms with E-state index in [2.05, 4.69) is 4.99 Å². The average Bonchev–Trinajstić information content (AvgIpc) is 3.60. The van der Waals surface area contributed by atoms with E-state index in [1.807, 2.05) is 17.5 Å². The average molecular weight is 521 g/mol. The molecule has 0 fully saturated rings. The molecule has 10 heteroatoms. The fourth-order valence-corrected chi connectivity index (χ4v) is 5.88. The van der Waals surface area contributed by atoms with E-state index in [0.717, 1.165) is 4.88 Å². The number of carboxylic acids is 1. The number of carbonyl (C=O) groups excluding carboxylic acids is 1. The van der Waals surface area contributed by atoms with Gasteiger partial charge in [0, 0.05) is 16.5 Å². The number of aromatic nitrogens is 1. The van der Waals surface area contributed by atoms with Crippen LogP contribution in [0.4, 0.5) is 0 Å². The van der Waals surface area contributed by atoms with Gasteiger partial charge in [0.15, 0.2) is 4.80 Å². The summed E-state index contributed by atoms with van der Waals surface area (Å²) >= 11 is 2.66. The molecule has 0 bridgehead atoms. The Morgan fingerprint density at radius 3 is 2.78 bits per heavy atom. The highest BCUT2D eigenvalue weighted by atomic mass is 32.1. The predicted octanol–water partition coefficient (Wildman–Crippen LogP) is 3.82. The number of allylic oxidation sites excluding steroid dienone is 1. The number of esters is 1. The lowest BCUT2D eigenvalue weighted by Crippen LogP contribution is -2.39. The molecule has 0 amide bonds. The summed E-state index contributed by atoms with van der Waals surface area (Å²) < 4.78 is 13.1. The number of aromatic carboxylic acids is 1. The van der Waals surface area contributed by atoms with Crippen molar-refractivity contribution in [1.82, 2.24) is 4.57 Å². The number of fused-ring (bicyclic) bond motifs is 1. The molecule has 8 nitrogen and oxygen atoms in total. The number of carboxylic acid groups (broad SMARTS) is 1. The van der Waals surface area contributed by atoms with Crippen LogP contribution in [0.25, 0.3) is 17.4 Å². The summed E-state index contributed by atoms with van der Waals surface area (Å²) in [6.07, 6.45) is 1.63. The van der Waals surface area contributed by atoms with Crippen molar-refractivity contribution in [3.63, 3.8) is 0 Å². The number of thiazole rings is 1. The molecule has 0 unspecified atom stereocenters. The molecule has 0 saturated heterocycles. The predicted molar refractivity (Wildman–Crippen MR) is 136 cm³/mol. The second-order valence-corrected chi connectivity index (χ2v) is 9.89. The second kappa shape index (κ2) is 9.56. The summed E-state index contributed by atoms with van der Waals surface area (Å²) in [5.74, 6) is -0.604. The number of benzene rings is 1. The van der Waals surface area contributed by atoms with Crippen LogP contribution >= 0.6 is 22.7 Å². The molecule has 182 valence electrons. The molecular weight excluding hydrogens is 500 g/mol. The van der Waals surface area contributed by atoms with Crippen molar-refractivity contribution in [3.05, 3.63) is 101 Å². The summed E-state index contributed by atoms with van der Waals surface area (Å²) in [4.78, 5) is 43.5. The topological polar surface area (TPSA) is 111 Å². The molecule has 1 aromatic carbocycles. The van der Waals surface area contributed by atoms with Crippen molar-refractivity contribution < 1.29 is 23.8 Å². The number of hydrogen-bond donors (Lipinski definition) is 1. The lowest BCUT2D eigenvalue weighted by atomic mass is 10.0. The first-order valence-corrected chi connectivity index (χ1v) is 12.7. The third-order valence-corrected chi connectivity index (χ3v) is 7.53. The van der Waals surface area contributed by atoms with Gasteiger partial charge < -0.3 is 14.3 Å². The smallest absolute Gasteiger partial charge is 0.338 e. The second-order valence-electron chi connectivity index (χ2n) is 7.91. The Kier molecular flexibility index (Phi) is 6.29. The normalized spacial score (nSPS) is 15.5. The molecule has 0 saturated carbocycles. The molecule has 5 rings (SSSR count). The van der Waals surface area contributed by atoms with Gasteiger partial charge in [0.25, 0.3) is 5.56 Å². The summed E-state index contributed by atoms with van der Waals surface area (Å²) in [6.45, 7) is 3.69. The number of furan rings is 1. The summed E-state index contributed by atoms with van der Waals surface area (Å²) in [7, 11) is 0. The van der Waals surface area contributed by atoms with Crippen LogP contribution in [0.5, 0.6) is 0 Å². The maximum absolute atomic E-state index is 13.6. The van der Waals surface area contributed by atoms with E-state index >= 15 is 0 Å². The minimum absolute atomic E-state index is 0.153. The number of rotatable bonds is 6. The van der Waals surface area contributed by atoms with E-state index in [0.29, 0.717) is 37.7 Å². The van der Waals surface area contributed by atoms with Gasteiger partial charge in [-0.3, -0.25) is 9.36 Å². The van der Waals surface area contributed by atoms with Crippen LogP contribution in [-0.2, 0) is 9.53 Å². The van der Waals surface area contributed by atoms with Gasteiger partial charge in [-0.05, 0) is 49.6 Å². The highest BCUT2D eigenvalue weighted by molar-refractivity contribution is 7.10. The van der Waals surface area contributed by atoms with Gasteiger partial charge in [0.2, 0.25) is 0 Å². The molecule has 0 radical (unpaired) electrons. The Hall–Kier alpha value is -4.02. The minimum atomic E-state index is -1.03. The van der Waals surface area contributed by atoms with E-state index in [1.54, 1.807) is 44.2 Å². The largest absolute Gasteiger partial charge is 0.478 e. The van der Waals surface area contributed by atoms with E-state index in [1.165, 1.54) is 39.4 Å². The van der Waals surface area contributed by atoms with Gasteiger partial charge in [-0.15, -0.1) is 11.3 Å². The molecule has 4 aromatic rings. The van der Waals surface area contributed by atoms with Crippen LogP contribution in [-0.4, -0.2) is 28.2 Å². The van der Waals surface area contributed by atoms with Crippen molar-refractivity contribution in [2.24, 2.45) is 4.99 Å². The standard InChI is InChI=1S/C26H20N2O6S2/c1-3-33-25(32)21-14(2)27-26-28(22(21)19-8-5-11-35-19)23(29)20(36-26)13-17-9-10-18(34-17)15-6-4-7-16(12-15)24(30)31/h4-13,22H,3H2,1-2H3,(H,30,31)/b20-13+/t22-/m0/s1. The molecular formula is C26H20N2O6S2. The Morgan fingerprint density at radius 1 is 1.22 bits per heavy atom. The fraction of sp³-hybridized carbons (Fsp3) is 0.154. The number of carbonyl (C=O) groups is 2. The molecule has 1 aliphatic heterocycles. The van der Waals surface area contributed by atoms with Gasteiger partial charge in [-0.1, -0.05) is 29.5 Å². The fourth-order valence-electron chi connectivity index (χ4n) is 4.03. The van der Waals surface area contributed by atoms with Crippen LogP contribution in [0.1, 0.15) is 40.9 Å². The van der Waals surface area contributed by atoms with Crippen molar-refractivity contribution in [1.29, 1.82) is 0 Å². The third kappa shape index (κ3) is 4.25. The molecule has 36 heavy (non-hydrogen) atoms. The van der Waals surface area contributed by atoms with Crippen molar-refractivity contribution >= 4 is 40.7 Å². The molecule has 4 heterocycles. The first-order valence-electron chi connectivity index (χ1n) is 11.0. The third-order valence-electron chi connectivity index (χ3n) is 5.62. The van der Waals surface area contributed by atoms with Gasteiger partial charge in [0.05, 0.1) is 28.0 Å². The maximum Gasteiger partial charge on any atom is 0.338 e. The van der Waals surface area contributed by atoms with E-state index in [4.69, 9.17) is 9.15 Å². The molecule has 1 N–H and O–H groups in total. The van der Waals surface area contributed by atoms with Gasteiger partial charge in [-0.2, -0.15) is 0 Å². The summed E-state index contributed by atoms with van der Waals surface area (Å²) in [6, 6.07) is 13.0. The summed E-state index contributed by atoms with van der Waals surface area (Å²) in [5.41, 5.74) is 1.33. The Balaban J connectivity index is 1.60. The molecule has 0 spiro atoms. The molecule has 0 aliphatic carbocycles. The Labute approximate surface area is 212 Å². The molecule has 3 aromatic heterocycles. The zero-order valence-electron chi connectivity index (χ0n) is 19.3. The number of thiophene rings is 1. The van der Waals surface area contributed by atoms with Crippen LogP contribution in [0.2, 0.25) is 0 Å².